The van der Waals surface area contributed by atoms with E-state index in [1.54, 1.807) is 6.07 Å². The smallest absolute Gasteiger partial charge is 0.169 e. The summed E-state index contributed by atoms with van der Waals surface area (Å²) in [5.41, 5.74) is 8.90. The van der Waals surface area contributed by atoms with Gasteiger partial charge in [-0.15, -0.1) is 0 Å². The zero-order valence-corrected chi connectivity index (χ0v) is 9.69. The Labute approximate surface area is 94.6 Å². The molecule has 0 bridgehead atoms. The van der Waals surface area contributed by atoms with Crippen LogP contribution in [0.3, 0.4) is 0 Å². The number of nitrogens with zero attached hydrogens (tertiary/aromatic N) is 2. The van der Waals surface area contributed by atoms with Gasteiger partial charge in [-0.1, -0.05) is 17.3 Å². The van der Waals surface area contributed by atoms with Crippen molar-refractivity contribution in [2.45, 2.75) is 6.92 Å². The molecule has 4 nitrogen and oxygen atoms in total. The maximum Gasteiger partial charge on any atom is 0.169 e. The van der Waals surface area contributed by atoms with Gasteiger partial charge in [0.25, 0.3) is 0 Å². The summed E-state index contributed by atoms with van der Waals surface area (Å²) >= 11 is 0. The highest BCUT2D eigenvalue weighted by atomic mass is 16.5. The maximum absolute atomic E-state index is 5.53. The summed E-state index contributed by atoms with van der Waals surface area (Å²) in [4.78, 5) is 2.07. The standard InChI is InChI=1S/C12H15N3O/c1-8-4-5-9(6-10(8)15(2)3)11-7-12(13)14-16-11/h4-7H,1-3H3,(H2,13,14). The predicted octanol–water partition coefficient (Wildman–Crippen LogP) is 2.30. The van der Waals surface area contributed by atoms with E-state index < -0.39 is 0 Å². The van der Waals surface area contributed by atoms with E-state index in [-0.39, 0.29) is 0 Å². The van der Waals surface area contributed by atoms with E-state index in [1.807, 2.05) is 20.2 Å². The van der Waals surface area contributed by atoms with E-state index in [0.29, 0.717) is 11.6 Å². The van der Waals surface area contributed by atoms with E-state index in [9.17, 15) is 0 Å². The van der Waals surface area contributed by atoms with Crippen molar-refractivity contribution in [3.05, 3.63) is 29.8 Å². The van der Waals surface area contributed by atoms with E-state index in [4.69, 9.17) is 10.3 Å². The fourth-order valence-electron chi connectivity index (χ4n) is 1.67. The lowest BCUT2D eigenvalue weighted by molar-refractivity contribution is 0.436. The van der Waals surface area contributed by atoms with Crippen LogP contribution in [-0.2, 0) is 0 Å². The highest BCUT2D eigenvalue weighted by Gasteiger charge is 2.08. The van der Waals surface area contributed by atoms with Gasteiger partial charge in [0, 0.05) is 31.4 Å². The molecule has 0 unspecified atom stereocenters. The molecular formula is C12H15N3O. The minimum absolute atomic E-state index is 0.405. The normalized spacial score (nSPS) is 10.4. The second-order valence-electron chi connectivity index (χ2n) is 4.01. The zero-order valence-electron chi connectivity index (χ0n) is 9.69. The summed E-state index contributed by atoms with van der Waals surface area (Å²) in [6.45, 7) is 2.08. The lowest BCUT2D eigenvalue weighted by Crippen LogP contribution is -2.10. The Morgan fingerprint density at radius 1 is 1.25 bits per heavy atom. The van der Waals surface area contributed by atoms with Crippen LogP contribution in [0.4, 0.5) is 11.5 Å². The van der Waals surface area contributed by atoms with Crippen molar-refractivity contribution in [3.8, 4) is 11.3 Å². The molecule has 0 amide bonds. The molecule has 0 spiro atoms. The van der Waals surface area contributed by atoms with Crippen LogP contribution >= 0.6 is 0 Å². The van der Waals surface area contributed by atoms with Gasteiger partial charge in [-0.3, -0.25) is 0 Å². The first kappa shape index (κ1) is 10.5. The third-order valence-corrected chi connectivity index (χ3v) is 2.50. The molecule has 0 saturated carbocycles. The van der Waals surface area contributed by atoms with Crippen LogP contribution in [-0.4, -0.2) is 19.3 Å². The molecule has 0 fully saturated rings. The lowest BCUT2D eigenvalue weighted by atomic mass is 10.1. The van der Waals surface area contributed by atoms with Gasteiger partial charge in [0.2, 0.25) is 0 Å². The largest absolute Gasteiger partial charge is 0.381 e. The molecule has 16 heavy (non-hydrogen) atoms. The van der Waals surface area contributed by atoms with Crippen molar-refractivity contribution in [3.63, 3.8) is 0 Å². The average molecular weight is 217 g/mol. The highest BCUT2D eigenvalue weighted by molar-refractivity contribution is 5.68. The van der Waals surface area contributed by atoms with Crippen molar-refractivity contribution >= 4 is 11.5 Å². The average Bonchev–Trinajstić information content (AvgIpc) is 2.65. The molecule has 0 aliphatic rings. The summed E-state index contributed by atoms with van der Waals surface area (Å²) in [6.07, 6.45) is 0. The van der Waals surface area contributed by atoms with Gasteiger partial charge in [-0.2, -0.15) is 0 Å². The Morgan fingerprint density at radius 2 is 2.00 bits per heavy atom. The van der Waals surface area contributed by atoms with Gasteiger partial charge in [0.05, 0.1) is 0 Å². The molecule has 0 atom stereocenters. The molecule has 0 aliphatic heterocycles. The summed E-state index contributed by atoms with van der Waals surface area (Å²) in [6, 6.07) is 7.85. The number of rotatable bonds is 2. The molecule has 1 aromatic carbocycles. The molecule has 0 aliphatic carbocycles. The van der Waals surface area contributed by atoms with Gasteiger partial charge in [0.1, 0.15) is 0 Å². The number of nitrogens with two attached hydrogens (primary N) is 1. The molecule has 2 aromatic rings. The summed E-state index contributed by atoms with van der Waals surface area (Å²) < 4.78 is 5.13. The number of hydrogen-bond acceptors (Lipinski definition) is 4. The Kier molecular flexibility index (Phi) is 2.56. The Balaban J connectivity index is 2.47. The number of hydrogen-bond donors (Lipinski definition) is 1. The van der Waals surface area contributed by atoms with Crippen LogP contribution < -0.4 is 10.6 Å². The third kappa shape index (κ3) is 1.86. The minimum Gasteiger partial charge on any atom is -0.381 e. The van der Waals surface area contributed by atoms with Crippen LogP contribution in [0.15, 0.2) is 28.8 Å². The quantitative estimate of drug-likeness (QED) is 0.838. The number of benzene rings is 1. The maximum atomic E-state index is 5.53. The molecule has 4 heteroatoms. The van der Waals surface area contributed by atoms with Crippen LogP contribution in [0, 0.1) is 6.92 Å². The molecule has 1 heterocycles. The van der Waals surface area contributed by atoms with Gasteiger partial charge in [0.15, 0.2) is 11.6 Å². The predicted molar refractivity (Wildman–Crippen MR) is 65.4 cm³/mol. The second-order valence-corrected chi connectivity index (χ2v) is 4.01. The molecule has 2 N–H and O–H groups in total. The van der Waals surface area contributed by atoms with Crippen molar-refractivity contribution in [2.24, 2.45) is 0 Å². The number of anilines is 2. The van der Waals surface area contributed by atoms with Crippen molar-refractivity contribution < 1.29 is 4.52 Å². The van der Waals surface area contributed by atoms with Gasteiger partial charge < -0.3 is 15.2 Å². The first-order valence-electron chi connectivity index (χ1n) is 5.08. The van der Waals surface area contributed by atoms with Crippen LogP contribution in [0.25, 0.3) is 11.3 Å². The summed E-state index contributed by atoms with van der Waals surface area (Å²) in [5, 5.41) is 3.68. The number of aromatic nitrogens is 1. The minimum atomic E-state index is 0.405. The Morgan fingerprint density at radius 3 is 2.56 bits per heavy atom. The van der Waals surface area contributed by atoms with E-state index in [0.717, 1.165) is 11.3 Å². The fraction of sp³-hybridized carbons (Fsp3) is 0.250. The zero-order chi connectivity index (χ0) is 11.7. The van der Waals surface area contributed by atoms with E-state index in [2.05, 4.69) is 29.1 Å². The SMILES string of the molecule is Cc1ccc(-c2cc(N)no2)cc1N(C)C. The van der Waals surface area contributed by atoms with E-state index in [1.165, 1.54) is 5.56 Å². The van der Waals surface area contributed by atoms with Crippen molar-refractivity contribution in [2.75, 3.05) is 24.7 Å². The molecule has 0 radical (unpaired) electrons. The second kappa shape index (κ2) is 3.89. The van der Waals surface area contributed by atoms with Gasteiger partial charge in [-0.25, -0.2) is 0 Å². The molecule has 0 saturated heterocycles. The number of aryl methyl sites for hydroxylation is 1. The van der Waals surface area contributed by atoms with Crippen molar-refractivity contribution in [1.82, 2.24) is 5.16 Å². The topological polar surface area (TPSA) is 55.3 Å². The summed E-state index contributed by atoms with van der Waals surface area (Å²) in [7, 11) is 4.03. The molecule has 1 aromatic heterocycles. The third-order valence-electron chi connectivity index (χ3n) is 2.50. The van der Waals surface area contributed by atoms with Crippen LogP contribution in [0.2, 0.25) is 0 Å². The van der Waals surface area contributed by atoms with Gasteiger partial charge in [-0.05, 0) is 18.6 Å². The van der Waals surface area contributed by atoms with Gasteiger partial charge >= 0.3 is 0 Å². The monoisotopic (exact) mass is 217 g/mol. The molecule has 2 rings (SSSR count). The summed E-state index contributed by atoms with van der Waals surface area (Å²) in [5.74, 6) is 1.10. The molecular weight excluding hydrogens is 202 g/mol. The van der Waals surface area contributed by atoms with E-state index >= 15 is 0 Å². The highest BCUT2D eigenvalue weighted by Crippen LogP contribution is 2.27. The Bertz CT molecular complexity index is 503. The molecule has 84 valence electrons. The number of nitrogen functional groups attached to an aromatic ring is 1. The van der Waals surface area contributed by atoms with Crippen LogP contribution in [0.5, 0.6) is 0 Å². The van der Waals surface area contributed by atoms with Crippen LogP contribution in [0.1, 0.15) is 5.56 Å². The Hall–Kier alpha value is -1.97. The first-order chi connectivity index (χ1) is 7.58. The first-order valence-corrected chi connectivity index (χ1v) is 5.08. The van der Waals surface area contributed by atoms with Crippen molar-refractivity contribution in [1.29, 1.82) is 0 Å². The fourth-order valence-corrected chi connectivity index (χ4v) is 1.67. The lowest BCUT2D eigenvalue weighted by Gasteiger charge is -2.16.